The minimum absolute atomic E-state index is 0.0503. The summed E-state index contributed by atoms with van der Waals surface area (Å²) in [6.45, 7) is 2.10. The van der Waals surface area contributed by atoms with Gasteiger partial charge in [-0.3, -0.25) is 4.79 Å². The second kappa shape index (κ2) is 8.95. The standard InChI is InChI=1S/C24H25FN2O2/c25-20-8-10-21(11-9-20)29-22-13-17-27(18-14-22)24(28)23-7-4-15-26(23)16-12-19-5-2-1-3-6-19/h1-11,15,22H,12-14,16-18H2. The Balaban J connectivity index is 1.32. The van der Waals surface area contributed by atoms with E-state index in [1.54, 1.807) is 12.1 Å². The first-order valence-corrected chi connectivity index (χ1v) is 10.1. The number of nitrogens with zero attached hydrogens (tertiary/aromatic N) is 2. The van der Waals surface area contributed by atoms with Crippen LogP contribution in [0.2, 0.25) is 0 Å². The zero-order chi connectivity index (χ0) is 20.1. The number of likely N-dealkylation sites (tertiary alicyclic amines) is 1. The van der Waals surface area contributed by atoms with Gasteiger partial charge in [-0.1, -0.05) is 30.3 Å². The van der Waals surface area contributed by atoms with Crippen molar-refractivity contribution < 1.29 is 13.9 Å². The lowest BCUT2D eigenvalue weighted by Crippen LogP contribution is -2.42. The van der Waals surface area contributed by atoms with Gasteiger partial charge in [-0.05, 0) is 48.4 Å². The minimum Gasteiger partial charge on any atom is -0.490 e. The molecule has 0 unspecified atom stereocenters. The molecule has 1 saturated heterocycles. The zero-order valence-electron chi connectivity index (χ0n) is 16.3. The SMILES string of the molecule is O=C(c1cccn1CCc1ccccc1)N1CCC(Oc2ccc(F)cc2)CC1. The summed E-state index contributed by atoms with van der Waals surface area (Å²) in [5, 5.41) is 0. The Morgan fingerprint density at radius 1 is 0.966 bits per heavy atom. The Kier molecular flexibility index (Phi) is 5.94. The minimum atomic E-state index is -0.270. The van der Waals surface area contributed by atoms with E-state index in [1.807, 2.05) is 46.0 Å². The predicted octanol–water partition coefficient (Wildman–Crippen LogP) is 4.55. The number of aryl methyl sites for hydroxylation is 2. The fourth-order valence-corrected chi connectivity index (χ4v) is 3.74. The van der Waals surface area contributed by atoms with Crippen molar-refractivity contribution in [3.63, 3.8) is 0 Å². The molecule has 0 atom stereocenters. The van der Waals surface area contributed by atoms with Crippen LogP contribution in [0.3, 0.4) is 0 Å². The summed E-state index contributed by atoms with van der Waals surface area (Å²) in [6, 6.07) is 20.2. The summed E-state index contributed by atoms with van der Waals surface area (Å²) >= 11 is 0. The van der Waals surface area contributed by atoms with Crippen molar-refractivity contribution in [3.05, 3.63) is 90.0 Å². The van der Waals surface area contributed by atoms with Crippen LogP contribution in [0, 0.1) is 5.82 Å². The smallest absolute Gasteiger partial charge is 0.270 e. The van der Waals surface area contributed by atoms with Crippen LogP contribution in [0.4, 0.5) is 4.39 Å². The highest BCUT2D eigenvalue weighted by atomic mass is 19.1. The van der Waals surface area contributed by atoms with E-state index < -0.39 is 0 Å². The lowest BCUT2D eigenvalue weighted by molar-refractivity contribution is 0.0585. The maximum Gasteiger partial charge on any atom is 0.270 e. The molecule has 0 saturated carbocycles. The summed E-state index contributed by atoms with van der Waals surface area (Å²) in [5.41, 5.74) is 2.00. The molecule has 0 aliphatic carbocycles. The van der Waals surface area contributed by atoms with Gasteiger partial charge in [0, 0.05) is 38.7 Å². The number of rotatable bonds is 6. The number of amides is 1. The van der Waals surface area contributed by atoms with Crippen molar-refractivity contribution >= 4 is 5.91 Å². The number of piperidine rings is 1. The topological polar surface area (TPSA) is 34.5 Å². The number of carbonyl (C=O) groups excluding carboxylic acids is 1. The molecule has 150 valence electrons. The third kappa shape index (κ3) is 4.86. The summed E-state index contributed by atoms with van der Waals surface area (Å²) in [7, 11) is 0. The molecule has 0 spiro atoms. The molecule has 1 fully saturated rings. The maximum atomic E-state index is 13.0. The van der Waals surface area contributed by atoms with Gasteiger partial charge in [0.25, 0.3) is 5.91 Å². The third-order valence-corrected chi connectivity index (χ3v) is 5.38. The average molecular weight is 392 g/mol. The third-order valence-electron chi connectivity index (χ3n) is 5.38. The highest BCUT2D eigenvalue weighted by Gasteiger charge is 2.26. The number of aromatic nitrogens is 1. The van der Waals surface area contributed by atoms with Crippen LogP contribution in [0.15, 0.2) is 72.9 Å². The van der Waals surface area contributed by atoms with Crippen LogP contribution in [-0.4, -0.2) is 34.6 Å². The molecule has 0 N–H and O–H groups in total. The van der Waals surface area contributed by atoms with E-state index in [4.69, 9.17) is 4.74 Å². The Bertz CT molecular complexity index is 929. The molecule has 1 amide bonds. The lowest BCUT2D eigenvalue weighted by atomic mass is 10.1. The van der Waals surface area contributed by atoms with Crippen molar-refractivity contribution in [2.24, 2.45) is 0 Å². The summed E-state index contributed by atoms with van der Waals surface area (Å²) in [5.74, 6) is 0.474. The van der Waals surface area contributed by atoms with Crippen molar-refractivity contribution in [2.75, 3.05) is 13.1 Å². The highest BCUT2D eigenvalue weighted by Crippen LogP contribution is 2.21. The molecule has 4 nitrogen and oxygen atoms in total. The van der Waals surface area contributed by atoms with Crippen LogP contribution in [0.1, 0.15) is 28.9 Å². The largest absolute Gasteiger partial charge is 0.490 e. The molecule has 0 bridgehead atoms. The van der Waals surface area contributed by atoms with Crippen LogP contribution in [0.25, 0.3) is 0 Å². The van der Waals surface area contributed by atoms with Gasteiger partial charge < -0.3 is 14.2 Å². The molecular weight excluding hydrogens is 367 g/mol. The van der Waals surface area contributed by atoms with Crippen molar-refractivity contribution in [2.45, 2.75) is 31.9 Å². The number of hydrogen-bond donors (Lipinski definition) is 0. The molecule has 5 heteroatoms. The number of halogens is 1. The van der Waals surface area contributed by atoms with E-state index in [0.717, 1.165) is 31.5 Å². The average Bonchev–Trinajstić information content (AvgIpc) is 3.23. The molecule has 1 aliphatic heterocycles. The molecule has 4 rings (SSSR count). The van der Waals surface area contributed by atoms with Crippen LogP contribution in [-0.2, 0) is 13.0 Å². The number of carbonyl (C=O) groups is 1. The Labute approximate surface area is 170 Å². The Morgan fingerprint density at radius 2 is 1.69 bits per heavy atom. The first-order valence-electron chi connectivity index (χ1n) is 10.1. The summed E-state index contributed by atoms with van der Waals surface area (Å²) < 4.78 is 21.0. The van der Waals surface area contributed by atoms with Gasteiger partial charge in [-0.25, -0.2) is 4.39 Å². The highest BCUT2D eigenvalue weighted by molar-refractivity contribution is 5.92. The van der Waals surface area contributed by atoms with Crippen LogP contribution >= 0.6 is 0 Å². The molecule has 2 heterocycles. The lowest BCUT2D eigenvalue weighted by Gasteiger charge is -2.32. The molecule has 1 aromatic heterocycles. The molecule has 29 heavy (non-hydrogen) atoms. The maximum absolute atomic E-state index is 13.0. The first kappa shape index (κ1) is 19.2. The van der Waals surface area contributed by atoms with Crippen LogP contribution < -0.4 is 4.74 Å². The van der Waals surface area contributed by atoms with Crippen molar-refractivity contribution in [1.29, 1.82) is 0 Å². The van der Waals surface area contributed by atoms with Crippen LogP contribution in [0.5, 0.6) is 5.75 Å². The predicted molar refractivity (Wildman–Crippen MR) is 111 cm³/mol. The van der Waals surface area contributed by atoms with Gasteiger partial charge in [0.2, 0.25) is 0 Å². The van der Waals surface area contributed by atoms with Crippen molar-refractivity contribution in [3.8, 4) is 5.75 Å². The van der Waals surface area contributed by atoms with Gasteiger partial charge in [0.05, 0.1) is 0 Å². The second-order valence-electron chi connectivity index (χ2n) is 7.39. The monoisotopic (exact) mass is 392 g/mol. The van der Waals surface area contributed by atoms with Gasteiger partial charge in [0.15, 0.2) is 0 Å². The van der Waals surface area contributed by atoms with E-state index in [0.29, 0.717) is 18.8 Å². The second-order valence-corrected chi connectivity index (χ2v) is 7.39. The molecule has 3 aromatic rings. The van der Waals surface area contributed by atoms with E-state index in [2.05, 4.69) is 12.1 Å². The first-order chi connectivity index (χ1) is 14.2. The Hall–Kier alpha value is -3.08. The number of benzene rings is 2. The van der Waals surface area contributed by atoms with E-state index in [1.165, 1.54) is 17.7 Å². The zero-order valence-corrected chi connectivity index (χ0v) is 16.3. The Morgan fingerprint density at radius 3 is 2.41 bits per heavy atom. The van der Waals surface area contributed by atoms with Gasteiger partial charge in [-0.2, -0.15) is 0 Å². The van der Waals surface area contributed by atoms with Gasteiger partial charge in [0.1, 0.15) is 23.4 Å². The van der Waals surface area contributed by atoms with Gasteiger partial charge >= 0.3 is 0 Å². The normalized spacial score (nSPS) is 14.7. The molecule has 1 aliphatic rings. The van der Waals surface area contributed by atoms with E-state index in [-0.39, 0.29) is 17.8 Å². The number of ether oxygens (including phenoxy) is 1. The quantitative estimate of drug-likeness (QED) is 0.617. The summed E-state index contributed by atoms with van der Waals surface area (Å²) in [6.07, 6.45) is 4.46. The molecule has 0 radical (unpaired) electrons. The number of hydrogen-bond acceptors (Lipinski definition) is 2. The van der Waals surface area contributed by atoms with Gasteiger partial charge in [-0.15, -0.1) is 0 Å². The fraction of sp³-hybridized carbons (Fsp3) is 0.292. The van der Waals surface area contributed by atoms with Crippen molar-refractivity contribution in [1.82, 2.24) is 9.47 Å². The van der Waals surface area contributed by atoms with E-state index in [9.17, 15) is 9.18 Å². The molecule has 2 aromatic carbocycles. The van der Waals surface area contributed by atoms with E-state index >= 15 is 0 Å². The summed E-state index contributed by atoms with van der Waals surface area (Å²) in [4.78, 5) is 14.9. The fourth-order valence-electron chi connectivity index (χ4n) is 3.74. The molecular formula is C24H25FN2O2.